The molecule has 0 aliphatic carbocycles. The topological polar surface area (TPSA) is 61.8 Å². The Morgan fingerprint density at radius 2 is 2.00 bits per heavy atom. The minimum atomic E-state index is -3.57. The van der Waals surface area contributed by atoms with Crippen LogP contribution in [0.5, 0.6) is 0 Å². The van der Waals surface area contributed by atoms with Crippen molar-refractivity contribution >= 4 is 27.0 Å². The highest BCUT2D eigenvalue weighted by Gasteiger charge is 2.17. The SMILES string of the molecule is Cc1ccc(S(=O)(=O)NN=C2SCCN2C)cc1. The lowest BCUT2D eigenvalue weighted by Gasteiger charge is -2.10. The van der Waals surface area contributed by atoms with Crippen LogP contribution in [0.1, 0.15) is 5.56 Å². The highest BCUT2D eigenvalue weighted by atomic mass is 32.2. The van der Waals surface area contributed by atoms with Gasteiger partial charge in [0.25, 0.3) is 10.0 Å². The molecule has 1 N–H and O–H groups in total. The first kappa shape index (κ1) is 13.2. The van der Waals surface area contributed by atoms with Gasteiger partial charge in [-0.2, -0.15) is 13.2 Å². The molecule has 1 fully saturated rings. The molecule has 0 spiro atoms. The summed E-state index contributed by atoms with van der Waals surface area (Å²) in [6.45, 7) is 2.80. The van der Waals surface area contributed by atoms with Crippen molar-refractivity contribution in [1.82, 2.24) is 9.73 Å². The molecule has 0 aromatic heterocycles. The van der Waals surface area contributed by atoms with Crippen molar-refractivity contribution in [3.05, 3.63) is 29.8 Å². The van der Waals surface area contributed by atoms with Crippen molar-refractivity contribution < 1.29 is 8.42 Å². The number of hydrogen-bond donors (Lipinski definition) is 1. The van der Waals surface area contributed by atoms with Gasteiger partial charge in [0, 0.05) is 19.3 Å². The van der Waals surface area contributed by atoms with E-state index in [0.29, 0.717) is 5.17 Å². The minimum Gasteiger partial charge on any atom is -0.352 e. The molecule has 18 heavy (non-hydrogen) atoms. The van der Waals surface area contributed by atoms with Gasteiger partial charge in [0.05, 0.1) is 4.90 Å². The molecule has 1 saturated heterocycles. The van der Waals surface area contributed by atoms with Gasteiger partial charge in [0.2, 0.25) is 0 Å². The average molecular weight is 285 g/mol. The van der Waals surface area contributed by atoms with Crippen molar-refractivity contribution in [1.29, 1.82) is 0 Å². The lowest BCUT2D eigenvalue weighted by molar-refractivity contribution is 0.555. The Morgan fingerprint density at radius 3 is 2.56 bits per heavy atom. The molecule has 2 rings (SSSR count). The number of sulfonamides is 1. The fourth-order valence-corrected chi connectivity index (χ4v) is 3.30. The first-order valence-corrected chi connectivity index (χ1v) is 7.96. The van der Waals surface area contributed by atoms with E-state index in [2.05, 4.69) is 9.93 Å². The fraction of sp³-hybridized carbons (Fsp3) is 0.364. The molecule has 1 aliphatic heterocycles. The molecule has 0 amide bonds. The molecule has 0 radical (unpaired) electrons. The molecule has 0 saturated carbocycles. The maximum atomic E-state index is 12.0. The van der Waals surface area contributed by atoms with Gasteiger partial charge >= 0.3 is 0 Å². The first-order valence-electron chi connectivity index (χ1n) is 5.49. The Kier molecular flexibility index (Phi) is 3.82. The molecule has 1 aromatic carbocycles. The molecular formula is C11H15N3O2S2. The van der Waals surface area contributed by atoms with E-state index >= 15 is 0 Å². The van der Waals surface area contributed by atoms with Crippen LogP contribution in [0.4, 0.5) is 0 Å². The van der Waals surface area contributed by atoms with Crippen LogP contribution in [0, 0.1) is 6.92 Å². The zero-order valence-electron chi connectivity index (χ0n) is 10.3. The number of nitrogens with one attached hydrogen (secondary N) is 1. The van der Waals surface area contributed by atoms with Crippen LogP contribution in [0.3, 0.4) is 0 Å². The summed E-state index contributed by atoms with van der Waals surface area (Å²) in [4.78, 5) is 4.41. The maximum absolute atomic E-state index is 12.0. The quantitative estimate of drug-likeness (QED) is 0.848. The van der Waals surface area contributed by atoms with E-state index in [1.54, 1.807) is 24.3 Å². The van der Waals surface area contributed by atoms with Crippen LogP contribution in [0.2, 0.25) is 0 Å². The Morgan fingerprint density at radius 1 is 1.33 bits per heavy atom. The number of hydrazone groups is 1. The van der Waals surface area contributed by atoms with E-state index in [1.165, 1.54) is 11.8 Å². The number of benzene rings is 1. The van der Waals surface area contributed by atoms with E-state index in [-0.39, 0.29) is 4.90 Å². The summed E-state index contributed by atoms with van der Waals surface area (Å²) in [6, 6.07) is 6.67. The predicted octanol–water partition coefficient (Wildman–Crippen LogP) is 1.22. The van der Waals surface area contributed by atoms with E-state index in [0.717, 1.165) is 17.9 Å². The third-order valence-electron chi connectivity index (χ3n) is 2.58. The van der Waals surface area contributed by atoms with Gasteiger partial charge in [-0.3, -0.25) is 0 Å². The van der Waals surface area contributed by atoms with Crippen LogP contribution in [-0.4, -0.2) is 37.8 Å². The van der Waals surface area contributed by atoms with E-state index < -0.39 is 10.0 Å². The lowest BCUT2D eigenvalue weighted by atomic mass is 10.2. The summed E-state index contributed by atoms with van der Waals surface area (Å²) in [6.07, 6.45) is 0. The molecule has 1 aliphatic rings. The normalized spacial score (nSPS) is 18.3. The van der Waals surface area contributed by atoms with Crippen molar-refractivity contribution in [2.45, 2.75) is 11.8 Å². The number of nitrogens with zero attached hydrogens (tertiary/aromatic N) is 2. The van der Waals surface area contributed by atoms with Crippen molar-refractivity contribution in [2.24, 2.45) is 5.10 Å². The van der Waals surface area contributed by atoms with E-state index in [4.69, 9.17) is 0 Å². The maximum Gasteiger partial charge on any atom is 0.276 e. The number of thioether (sulfide) groups is 1. The molecule has 98 valence electrons. The van der Waals surface area contributed by atoms with Crippen LogP contribution >= 0.6 is 11.8 Å². The largest absolute Gasteiger partial charge is 0.352 e. The van der Waals surface area contributed by atoms with Crippen LogP contribution < -0.4 is 4.83 Å². The average Bonchev–Trinajstić information content (AvgIpc) is 2.73. The van der Waals surface area contributed by atoms with Gasteiger partial charge in [-0.1, -0.05) is 29.5 Å². The monoisotopic (exact) mass is 285 g/mol. The Bertz CT molecular complexity index is 552. The predicted molar refractivity (Wildman–Crippen MR) is 74.0 cm³/mol. The van der Waals surface area contributed by atoms with Crippen molar-refractivity contribution in [2.75, 3.05) is 19.3 Å². The zero-order chi connectivity index (χ0) is 13.2. The Labute approximate surface area is 111 Å². The summed E-state index contributed by atoms with van der Waals surface area (Å²) in [5, 5.41) is 4.64. The molecule has 0 unspecified atom stereocenters. The smallest absolute Gasteiger partial charge is 0.276 e. The van der Waals surface area contributed by atoms with Gasteiger partial charge in [-0.25, -0.2) is 0 Å². The van der Waals surface area contributed by atoms with Crippen LogP contribution in [0.15, 0.2) is 34.3 Å². The minimum absolute atomic E-state index is 0.225. The first-order chi connectivity index (χ1) is 8.49. The van der Waals surface area contributed by atoms with Crippen LogP contribution in [0.25, 0.3) is 0 Å². The second kappa shape index (κ2) is 5.19. The molecule has 5 nitrogen and oxygen atoms in total. The summed E-state index contributed by atoms with van der Waals surface area (Å²) in [5.74, 6) is 0.932. The van der Waals surface area contributed by atoms with Gasteiger partial charge in [0.15, 0.2) is 5.17 Å². The molecule has 0 bridgehead atoms. The van der Waals surface area contributed by atoms with Crippen LogP contribution in [-0.2, 0) is 10.0 Å². The summed E-state index contributed by atoms with van der Waals surface area (Å²) < 4.78 is 23.9. The fourth-order valence-electron chi connectivity index (χ4n) is 1.47. The third-order valence-corrected chi connectivity index (χ3v) is 4.85. The van der Waals surface area contributed by atoms with Gasteiger partial charge in [0.1, 0.15) is 0 Å². The zero-order valence-corrected chi connectivity index (χ0v) is 11.9. The highest BCUT2D eigenvalue weighted by Crippen LogP contribution is 2.16. The lowest BCUT2D eigenvalue weighted by Crippen LogP contribution is -2.24. The molecule has 1 aromatic rings. The van der Waals surface area contributed by atoms with Gasteiger partial charge in [-0.05, 0) is 19.1 Å². The Balaban J connectivity index is 2.15. The second-order valence-corrected chi connectivity index (χ2v) is 6.80. The van der Waals surface area contributed by atoms with E-state index in [1.807, 2.05) is 18.9 Å². The number of hydrogen-bond acceptors (Lipinski definition) is 4. The second-order valence-electron chi connectivity index (χ2n) is 4.07. The standard InChI is InChI=1S/C11H15N3O2S2/c1-9-3-5-10(6-4-9)18(15,16)13-12-11-14(2)7-8-17-11/h3-6,13H,7-8H2,1-2H3. The van der Waals surface area contributed by atoms with Crippen molar-refractivity contribution in [3.63, 3.8) is 0 Å². The molecule has 0 atom stereocenters. The van der Waals surface area contributed by atoms with Crippen molar-refractivity contribution in [3.8, 4) is 0 Å². The number of rotatable bonds is 3. The highest BCUT2D eigenvalue weighted by molar-refractivity contribution is 8.14. The summed E-state index contributed by atoms with van der Waals surface area (Å²) in [5.41, 5.74) is 1.02. The number of aryl methyl sites for hydroxylation is 1. The molecular weight excluding hydrogens is 270 g/mol. The van der Waals surface area contributed by atoms with Gasteiger partial charge < -0.3 is 4.90 Å². The molecule has 1 heterocycles. The summed E-state index contributed by atoms with van der Waals surface area (Å²) >= 11 is 1.54. The third kappa shape index (κ3) is 2.97. The van der Waals surface area contributed by atoms with E-state index in [9.17, 15) is 8.42 Å². The molecule has 7 heteroatoms. The summed E-state index contributed by atoms with van der Waals surface area (Å²) in [7, 11) is -1.68. The van der Waals surface area contributed by atoms with Gasteiger partial charge in [-0.15, -0.1) is 5.10 Å². The number of amidine groups is 1. The Hall–Kier alpha value is -1.21.